The molecule has 4 bridgehead atoms. The van der Waals surface area contributed by atoms with Crippen molar-refractivity contribution in [2.75, 3.05) is 11.4 Å². The summed E-state index contributed by atoms with van der Waals surface area (Å²) < 4.78 is 47.8. The lowest BCUT2D eigenvalue weighted by Gasteiger charge is -2.54. The van der Waals surface area contributed by atoms with E-state index in [0.29, 0.717) is 18.8 Å². The van der Waals surface area contributed by atoms with Gasteiger partial charge in [-0.25, -0.2) is 4.39 Å². The molecule has 6 saturated carbocycles. The predicted octanol–water partition coefficient (Wildman–Crippen LogP) is 6.95. The molecule has 194 valence electrons. The van der Waals surface area contributed by atoms with Crippen molar-refractivity contribution in [2.45, 2.75) is 82.2 Å². The third kappa shape index (κ3) is 4.09. The quantitative estimate of drug-likeness (QED) is 0.380. The summed E-state index contributed by atoms with van der Waals surface area (Å²) in [6.07, 6.45) is 6.01. The first-order valence-electron chi connectivity index (χ1n) is 13.0. The molecular weight excluding hydrogens is 535 g/mol. The Hall–Kier alpha value is -1.90. The number of rotatable bonds is 6. The van der Waals surface area contributed by atoms with Crippen molar-refractivity contribution in [2.24, 2.45) is 23.2 Å². The number of alkyl halides is 3. The second-order valence-corrected chi connectivity index (χ2v) is 12.8. The van der Waals surface area contributed by atoms with Crippen LogP contribution < -0.4 is 4.90 Å². The van der Waals surface area contributed by atoms with Crippen molar-refractivity contribution in [1.29, 1.82) is 0 Å². The van der Waals surface area contributed by atoms with Gasteiger partial charge in [-0.3, -0.25) is 4.79 Å². The summed E-state index contributed by atoms with van der Waals surface area (Å²) in [6.45, 7) is 1.36. The number of hydrogen-bond acceptors (Lipinski definition) is 4. The first kappa shape index (κ1) is 24.4. The van der Waals surface area contributed by atoms with Crippen LogP contribution in [0.25, 0.3) is 0 Å². The number of anilines is 1. The number of benzene rings is 1. The highest BCUT2D eigenvalue weighted by atomic mass is 79.9. The summed E-state index contributed by atoms with van der Waals surface area (Å²) in [5.74, 6) is -3.18. The molecule has 6 aliphatic rings. The molecule has 2 aromatic rings. The van der Waals surface area contributed by atoms with E-state index < -0.39 is 18.0 Å². The summed E-state index contributed by atoms with van der Waals surface area (Å²) in [4.78, 5) is 20.0. The predicted molar refractivity (Wildman–Crippen MR) is 131 cm³/mol. The molecule has 6 fully saturated rings. The zero-order valence-electron chi connectivity index (χ0n) is 20.4. The highest BCUT2D eigenvalue weighted by molar-refractivity contribution is 9.10. The van der Waals surface area contributed by atoms with E-state index in [2.05, 4.69) is 26.1 Å². The first-order valence-corrected chi connectivity index (χ1v) is 13.8. The fourth-order valence-corrected chi connectivity index (χ4v) is 7.58. The van der Waals surface area contributed by atoms with Crippen LogP contribution in [-0.4, -0.2) is 28.8 Å². The van der Waals surface area contributed by atoms with E-state index in [1.165, 1.54) is 0 Å². The Balaban J connectivity index is 1.23. The Morgan fingerprint density at radius 1 is 1.14 bits per heavy atom. The van der Waals surface area contributed by atoms with Gasteiger partial charge in [0.2, 0.25) is 5.91 Å². The monoisotopic (exact) mass is 565 g/mol. The Labute approximate surface area is 217 Å². The second kappa shape index (κ2) is 8.57. The maximum atomic E-state index is 14.6. The molecule has 1 heterocycles. The summed E-state index contributed by atoms with van der Waals surface area (Å²) in [5.41, 5.74) is 0.439. The molecule has 0 radical (unpaired) electrons. The number of carbonyl (C=O) groups excluding carboxylic acids is 1. The number of aromatic nitrogens is 2. The van der Waals surface area contributed by atoms with Crippen molar-refractivity contribution >= 4 is 27.5 Å². The Morgan fingerprint density at radius 3 is 2.42 bits per heavy atom. The minimum atomic E-state index is -3.15. The third-order valence-corrected chi connectivity index (χ3v) is 10.1. The minimum absolute atomic E-state index is 0.0451. The van der Waals surface area contributed by atoms with Gasteiger partial charge in [-0.1, -0.05) is 27.2 Å². The number of carbonyl (C=O) groups is 1. The summed E-state index contributed by atoms with van der Waals surface area (Å²) in [7, 11) is 0. The Morgan fingerprint density at radius 2 is 1.83 bits per heavy atom. The molecule has 1 amide bonds. The van der Waals surface area contributed by atoms with Crippen molar-refractivity contribution < 1.29 is 22.5 Å². The van der Waals surface area contributed by atoms with Gasteiger partial charge in [0, 0.05) is 35.0 Å². The number of fused-ring (bicyclic) bond motifs is 5. The molecule has 1 unspecified atom stereocenters. The van der Waals surface area contributed by atoms with E-state index in [-0.39, 0.29) is 34.5 Å². The van der Waals surface area contributed by atoms with Crippen LogP contribution in [-0.2, 0) is 16.1 Å². The maximum absolute atomic E-state index is 14.6. The molecule has 8 rings (SSSR count). The SMILES string of the molecule is CC(F)(F)c1nc(C23CCC(CN(C(=O)[C@@H]4CC(F)C5CC4C5)c4cccc(Br)c4)(CC2)CC3)no1. The molecule has 0 aliphatic heterocycles. The van der Waals surface area contributed by atoms with Crippen LogP contribution in [0.4, 0.5) is 18.9 Å². The zero-order valence-corrected chi connectivity index (χ0v) is 21.9. The van der Waals surface area contributed by atoms with Gasteiger partial charge in [-0.15, -0.1) is 0 Å². The number of amides is 1. The van der Waals surface area contributed by atoms with Crippen LogP contribution in [0, 0.1) is 23.2 Å². The van der Waals surface area contributed by atoms with Gasteiger partial charge >= 0.3 is 5.92 Å². The molecule has 2 atom stereocenters. The van der Waals surface area contributed by atoms with Gasteiger partial charge in [-0.05, 0) is 93.2 Å². The number of nitrogens with zero attached hydrogens (tertiary/aromatic N) is 3. The molecule has 0 saturated heterocycles. The van der Waals surface area contributed by atoms with Gasteiger partial charge in [0.1, 0.15) is 6.17 Å². The number of halogens is 4. The van der Waals surface area contributed by atoms with Gasteiger partial charge < -0.3 is 9.42 Å². The average Bonchev–Trinajstić information content (AvgIpc) is 3.34. The number of hydrogen-bond donors (Lipinski definition) is 0. The first-order chi connectivity index (χ1) is 17.1. The van der Waals surface area contributed by atoms with Crippen molar-refractivity contribution in [3.8, 4) is 0 Å². The van der Waals surface area contributed by atoms with Crippen molar-refractivity contribution in [3.05, 3.63) is 40.5 Å². The smallest absolute Gasteiger partial charge is 0.322 e. The lowest BCUT2D eigenvalue weighted by molar-refractivity contribution is -0.133. The van der Waals surface area contributed by atoms with Gasteiger partial charge in [0.15, 0.2) is 5.82 Å². The molecule has 9 heteroatoms. The summed E-state index contributed by atoms with van der Waals surface area (Å²) in [5, 5.41) is 3.95. The highest BCUT2D eigenvalue weighted by Crippen LogP contribution is 2.58. The molecule has 5 nitrogen and oxygen atoms in total. The van der Waals surface area contributed by atoms with Crippen LogP contribution in [0.3, 0.4) is 0 Å². The second-order valence-electron chi connectivity index (χ2n) is 11.8. The summed E-state index contributed by atoms with van der Waals surface area (Å²) in [6, 6.07) is 7.79. The maximum Gasteiger partial charge on any atom is 0.322 e. The average molecular weight is 566 g/mol. The summed E-state index contributed by atoms with van der Waals surface area (Å²) >= 11 is 3.54. The van der Waals surface area contributed by atoms with E-state index in [1.807, 2.05) is 29.2 Å². The van der Waals surface area contributed by atoms with Gasteiger partial charge in [0.25, 0.3) is 5.89 Å². The largest absolute Gasteiger partial charge is 0.333 e. The van der Waals surface area contributed by atoms with Crippen LogP contribution in [0.1, 0.15) is 76.4 Å². The lowest BCUT2D eigenvalue weighted by Crippen LogP contribution is -2.55. The molecule has 1 aromatic carbocycles. The molecule has 1 aromatic heterocycles. The molecule has 36 heavy (non-hydrogen) atoms. The van der Waals surface area contributed by atoms with E-state index in [0.717, 1.165) is 68.5 Å². The molecule has 0 N–H and O–H groups in total. The highest BCUT2D eigenvalue weighted by Gasteiger charge is 2.54. The van der Waals surface area contributed by atoms with E-state index in [9.17, 15) is 18.0 Å². The normalized spacial score (nSPS) is 35.4. The Bertz CT molecular complexity index is 1130. The lowest BCUT2D eigenvalue weighted by atomic mass is 9.53. The van der Waals surface area contributed by atoms with E-state index in [1.54, 1.807) is 0 Å². The molecular formula is C27H31BrF3N3O2. The van der Waals surface area contributed by atoms with Crippen LogP contribution in [0.5, 0.6) is 0 Å². The zero-order chi connectivity index (χ0) is 25.3. The fraction of sp³-hybridized carbons (Fsp3) is 0.667. The minimum Gasteiger partial charge on any atom is -0.333 e. The third-order valence-electron chi connectivity index (χ3n) is 9.64. The van der Waals surface area contributed by atoms with Crippen molar-refractivity contribution in [1.82, 2.24) is 10.1 Å². The van der Waals surface area contributed by atoms with Gasteiger partial charge in [-0.2, -0.15) is 13.8 Å². The topological polar surface area (TPSA) is 59.2 Å². The van der Waals surface area contributed by atoms with Crippen LogP contribution in [0.2, 0.25) is 0 Å². The van der Waals surface area contributed by atoms with E-state index >= 15 is 0 Å². The van der Waals surface area contributed by atoms with E-state index in [4.69, 9.17) is 4.52 Å². The Kier molecular flexibility index (Phi) is 5.81. The molecule has 0 spiro atoms. The van der Waals surface area contributed by atoms with Crippen LogP contribution >= 0.6 is 15.9 Å². The van der Waals surface area contributed by atoms with Gasteiger partial charge in [0.05, 0.1) is 0 Å². The fourth-order valence-electron chi connectivity index (χ4n) is 7.19. The molecule has 6 aliphatic carbocycles. The standard InChI is InChI=1S/C27H31BrF3N3O2/c1-25(30,31)24-32-23(33-36-24)27-8-5-26(6-9-27,7-10-27)15-34(19-4-2-3-18(28)13-19)22(35)20-14-21(29)17-11-16(20)12-17/h2-4,13,16-17,20-21H,5-12,14-15H2,1H3/t16?,17?,20-,21?,26?,27?/m1/s1. The van der Waals surface area contributed by atoms with Crippen molar-refractivity contribution in [3.63, 3.8) is 0 Å². The van der Waals surface area contributed by atoms with Crippen LogP contribution in [0.15, 0.2) is 33.3 Å².